The molecule has 30 heavy (non-hydrogen) atoms. The third-order valence-electron chi connectivity index (χ3n) is 6.05. The average Bonchev–Trinajstić information content (AvgIpc) is 2.79. The number of benzene rings is 2. The van der Waals surface area contributed by atoms with Crippen molar-refractivity contribution in [2.45, 2.75) is 30.6 Å². The first-order valence-electron chi connectivity index (χ1n) is 10.7. The van der Waals surface area contributed by atoms with E-state index in [9.17, 15) is 8.42 Å². The van der Waals surface area contributed by atoms with Gasteiger partial charge in [-0.2, -0.15) is 4.31 Å². The zero-order valence-electron chi connectivity index (χ0n) is 17.6. The van der Waals surface area contributed by atoms with E-state index in [0.29, 0.717) is 23.7 Å². The van der Waals surface area contributed by atoms with Gasteiger partial charge >= 0.3 is 0 Å². The normalized spacial score (nSPS) is 18.4. The zero-order chi connectivity index (χ0) is 21.0. The molecule has 0 saturated carbocycles. The Morgan fingerprint density at radius 3 is 2.30 bits per heavy atom. The molecule has 0 spiro atoms. The monoisotopic (exact) mass is 426 g/mol. The van der Waals surface area contributed by atoms with Crippen LogP contribution in [-0.4, -0.2) is 57.5 Å². The van der Waals surface area contributed by atoms with E-state index in [0.717, 1.165) is 50.9 Å². The number of methoxy groups -OCH3 is 1. The maximum atomic E-state index is 13.4. The fourth-order valence-corrected chi connectivity index (χ4v) is 5.91. The molecule has 0 atom stereocenters. The van der Waals surface area contributed by atoms with Crippen molar-refractivity contribution < 1.29 is 13.2 Å². The second kappa shape index (κ2) is 9.33. The summed E-state index contributed by atoms with van der Waals surface area (Å²) >= 11 is 0. The first kappa shape index (κ1) is 21.1. The number of nitrogens with zero attached hydrogens (tertiary/aromatic N) is 2. The van der Waals surface area contributed by atoms with Crippen molar-refractivity contribution in [3.8, 4) is 5.75 Å². The molecule has 0 bridgehead atoms. The lowest BCUT2D eigenvalue weighted by Crippen LogP contribution is -2.48. The summed E-state index contributed by atoms with van der Waals surface area (Å²) in [7, 11) is -2.01. The third kappa shape index (κ3) is 4.61. The standard InChI is InChI=1S/C24H30N2O3S/c1-29-23-18-21-11-5-6-12-22(21)19-24(23)30(27,28)26-16-14-25(15-17-26)13-7-10-20-8-3-2-4-9-20/h2-4,7-10,18-19H,5-6,11-17H2,1H3/b10-7+. The maximum Gasteiger partial charge on any atom is 0.246 e. The molecule has 2 aromatic carbocycles. The van der Waals surface area contributed by atoms with E-state index in [2.05, 4.69) is 29.2 Å². The Kier molecular flexibility index (Phi) is 6.56. The predicted octanol–water partition coefficient (Wildman–Crippen LogP) is 3.59. The Morgan fingerprint density at radius 1 is 0.967 bits per heavy atom. The highest BCUT2D eigenvalue weighted by molar-refractivity contribution is 7.89. The van der Waals surface area contributed by atoms with Gasteiger partial charge < -0.3 is 4.74 Å². The van der Waals surface area contributed by atoms with Crippen molar-refractivity contribution in [3.63, 3.8) is 0 Å². The molecule has 1 fully saturated rings. The summed E-state index contributed by atoms with van der Waals surface area (Å²) in [6.07, 6.45) is 8.48. The van der Waals surface area contributed by atoms with Gasteiger partial charge in [0.05, 0.1) is 7.11 Å². The van der Waals surface area contributed by atoms with Crippen molar-refractivity contribution in [2.75, 3.05) is 39.8 Å². The number of aryl methyl sites for hydroxylation is 2. The van der Waals surface area contributed by atoms with E-state index >= 15 is 0 Å². The smallest absolute Gasteiger partial charge is 0.246 e. The van der Waals surface area contributed by atoms with Crippen LogP contribution in [0.15, 0.2) is 53.4 Å². The molecule has 0 N–H and O–H groups in total. The van der Waals surface area contributed by atoms with E-state index < -0.39 is 10.0 Å². The molecule has 0 radical (unpaired) electrons. The summed E-state index contributed by atoms with van der Waals surface area (Å²) in [5.74, 6) is 0.476. The Bertz CT molecular complexity index is 995. The van der Waals surface area contributed by atoms with Gasteiger partial charge in [0.15, 0.2) is 0 Å². The first-order valence-corrected chi connectivity index (χ1v) is 12.2. The third-order valence-corrected chi connectivity index (χ3v) is 7.97. The molecule has 1 saturated heterocycles. The lowest BCUT2D eigenvalue weighted by Gasteiger charge is -2.33. The number of ether oxygens (including phenoxy) is 1. The average molecular weight is 427 g/mol. The largest absolute Gasteiger partial charge is 0.495 e. The van der Waals surface area contributed by atoms with Crippen molar-refractivity contribution >= 4 is 16.1 Å². The van der Waals surface area contributed by atoms with E-state index in [1.54, 1.807) is 11.4 Å². The molecule has 1 aliphatic heterocycles. The first-order chi connectivity index (χ1) is 14.6. The van der Waals surface area contributed by atoms with Gasteiger partial charge in [-0.1, -0.05) is 42.5 Å². The molecule has 2 aromatic rings. The quantitative estimate of drug-likeness (QED) is 0.708. The van der Waals surface area contributed by atoms with E-state index in [1.807, 2.05) is 30.3 Å². The number of piperazine rings is 1. The van der Waals surface area contributed by atoms with Crippen LogP contribution in [-0.2, 0) is 22.9 Å². The highest BCUT2D eigenvalue weighted by Crippen LogP contribution is 2.33. The SMILES string of the molecule is COc1cc2c(cc1S(=O)(=O)N1CCN(C/C=C/c3ccccc3)CC1)CCCC2. The van der Waals surface area contributed by atoms with Gasteiger partial charge in [0, 0.05) is 32.7 Å². The van der Waals surface area contributed by atoms with Gasteiger partial charge in [0.2, 0.25) is 10.0 Å². The summed E-state index contributed by atoms with van der Waals surface area (Å²) in [5, 5.41) is 0. The van der Waals surface area contributed by atoms with Crippen LogP contribution >= 0.6 is 0 Å². The number of fused-ring (bicyclic) bond motifs is 1. The van der Waals surface area contributed by atoms with Gasteiger partial charge in [0.1, 0.15) is 10.6 Å². The Balaban J connectivity index is 1.42. The van der Waals surface area contributed by atoms with E-state index in [4.69, 9.17) is 4.74 Å². The molecule has 4 rings (SSSR count). The number of rotatable bonds is 6. The number of hydrogen-bond acceptors (Lipinski definition) is 4. The van der Waals surface area contributed by atoms with Crippen LogP contribution in [0.25, 0.3) is 6.08 Å². The molecule has 5 nitrogen and oxygen atoms in total. The molecule has 6 heteroatoms. The Hall–Kier alpha value is -2.15. The number of hydrogen-bond donors (Lipinski definition) is 0. The van der Waals surface area contributed by atoms with E-state index in [1.165, 1.54) is 11.1 Å². The van der Waals surface area contributed by atoms with Crippen LogP contribution in [0.2, 0.25) is 0 Å². The number of sulfonamides is 1. The van der Waals surface area contributed by atoms with Gasteiger partial charge in [-0.25, -0.2) is 8.42 Å². The Labute approximate surface area is 180 Å². The highest BCUT2D eigenvalue weighted by Gasteiger charge is 2.31. The fraction of sp³-hybridized carbons (Fsp3) is 0.417. The summed E-state index contributed by atoms with van der Waals surface area (Å²) in [4.78, 5) is 2.61. The van der Waals surface area contributed by atoms with Crippen LogP contribution in [0.3, 0.4) is 0 Å². The van der Waals surface area contributed by atoms with Crippen molar-refractivity contribution in [1.29, 1.82) is 0 Å². The maximum absolute atomic E-state index is 13.4. The second-order valence-corrected chi connectivity index (χ2v) is 9.90. The minimum Gasteiger partial charge on any atom is -0.495 e. The molecule has 1 heterocycles. The van der Waals surface area contributed by atoms with Gasteiger partial charge in [-0.3, -0.25) is 4.90 Å². The molecule has 0 aromatic heterocycles. The summed E-state index contributed by atoms with van der Waals surface area (Å²) in [6.45, 7) is 3.28. The summed E-state index contributed by atoms with van der Waals surface area (Å²) < 4.78 is 33.8. The topological polar surface area (TPSA) is 49.9 Å². The van der Waals surface area contributed by atoms with Crippen LogP contribution in [0.4, 0.5) is 0 Å². The highest BCUT2D eigenvalue weighted by atomic mass is 32.2. The van der Waals surface area contributed by atoms with Gasteiger partial charge in [-0.15, -0.1) is 0 Å². The molecule has 1 aliphatic carbocycles. The van der Waals surface area contributed by atoms with Crippen LogP contribution in [0.1, 0.15) is 29.5 Å². The van der Waals surface area contributed by atoms with Gasteiger partial charge in [-0.05, 0) is 54.5 Å². The van der Waals surface area contributed by atoms with Crippen molar-refractivity contribution in [3.05, 3.63) is 65.2 Å². The molecule has 2 aliphatic rings. The lowest BCUT2D eigenvalue weighted by atomic mass is 9.92. The summed E-state index contributed by atoms with van der Waals surface area (Å²) in [5.41, 5.74) is 3.57. The van der Waals surface area contributed by atoms with Crippen LogP contribution < -0.4 is 4.74 Å². The van der Waals surface area contributed by atoms with Crippen molar-refractivity contribution in [1.82, 2.24) is 9.21 Å². The fourth-order valence-electron chi connectivity index (χ4n) is 4.30. The van der Waals surface area contributed by atoms with E-state index in [-0.39, 0.29) is 0 Å². The minimum atomic E-state index is -3.56. The van der Waals surface area contributed by atoms with Crippen molar-refractivity contribution in [2.24, 2.45) is 0 Å². The van der Waals surface area contributed by atoms with Gasteiger partial charge in [0.25, 0.3) is 0 Å². The van der Waals surface area contributed by atoms with Crippen LogP contribution in [0.5, 0.6) is 5.75 Å². The molecule has 0 amide bonds. The lowest BCUT2D eigenvalue weighted by molar-refractivity contribution is 0.204. The van der Waals surface area contributed by atoms with Crippen LogP contribution in [0, 0.1) is 0 Å². The second-order valence-electron chi connectivity index (χ2n) is 8.00. The molecule has 160 valence electrons. The molecule has 0 unspecified atom stereocenters. The minimum absolute atomic E-state index is 0.322. The molecular weight excluding hydrogens is 396 g/mol. The summed E-state index contributed by atoms with van der Waals surface area (Å²) in [6, 6.07) is 14.0. The zero-order valence-corrected chi connectivity index (χ0v) is 18.4. The Morgan fingerprint density at radius 2 is 1.63 bits per heavy atom. The molecular formula is C24H30N2O3S. The predicted molar refractivity (Wildman–Crippen MR) is 120 cm³/mol.